The standard InChI is InChI=1S/C22H15F4N7O/c1-9(29-20-14(8-27)19(28)30-10(2)31-20)21-32-16-4-3-15(25)18(26)17(16)22(34)33(21)13-6-11(23)5-12(24)7-13/h3-7,9H,1-2H3,(H3,28,29,30,31). The molecule has 12 heteroatoms. The molecule has 0 amide bonds. The number of nitrogens with two attached hydrogens (primary N) is 1. The van der Waals surface area contributed by atoms with Crippen molar-refractivity contribution in [3.8, 4) is 11.8 Å². The number of nitrogens with zero attached hydrogens (tertiary/aromatic N) is 5. The van der Waals surface area contributed by atoms with Crippen LogP contribution in [-0.4, -0.2) is 19.5 Å². The third kappa shape index (κ3) is 3.88. The number of halogens is 4. The van der Waals surface area contributed by atoms with E-state index < -0.39 is 40.3 Å². The number of benzene rings is 2. The van der Waals surface area contributed by atoms with Crippen molar-refractivity contribution in [2.75, 3.05) is 11.1 Å². The first-order valence-electron chi connectivity index (χ1n) is 9.78. The van der Waals surface area contributed by atoms with E-state index in [1.807, 2.05) is 6.07 Å². The van der Waals surface area contributed by atoms with Gasteiger partial charge in [0.15, 0.2) is 17.5 Å². The van der Waals surface area contributed by atoms with E-state index in [1.165, 1.54) is 6.92 Å². The molecule has 8 nitrogen and oxygen atoms in total. The predicted molar refractivity (Wildman–Crippen MR) is 115 cm³/mol. The first kappa shape index (κ1) is 22.7. The summed E-state index contributed by atoms with van der Waals surface area (Å²) < 4.78 is 57.1. The molecule has 3 N–H and O–H groups in total. The molecule has 1 atom stereocenters. The van der Waals surface area contributed by atoms with Crippen LogP contribution in [0.5, 0.6) is 0 Å². The van der Waals surface area contributed by atoms with E-state index >= 15 is 0 Å². The van der Waals surface area contributed by atoms with Crippen molar-refractivity contribution in [2.45, 2.75) is 19.9 Å². The monoisotopic (exact) mass is 469 g/mol. The highest BCUT2D eigenvalue weighted by Crippen LogP contribution is 2.26. The predicted octanol–water partition coefficient (Wildman–Crippen LogP) is 3.67. The fourth-order valence-corrected chi connectivity index (χ4v) is 3.51. The van der Waals surface area contributed by atoms with Crippen LogP contribution in [0.15, 0.2) is 35.1 Å². The van der Waals surface area contributed by atoms with Crippen LogP contribution >= 0.6 is 0 Å². The molecule has 172 valence electrons. The highest BCUT2D eigenvalue weighted by Gasteiger charge is 2.23. The molecule has 0 saturated carbocycles. The third-order valence-electron chi connectivity index (χ3n) is 4.96. The number of hydrogen-bond acceptors (Lipinski definition) is 7. The average molecular weight is 469 g/mol. The van der Waals surface area contributed by atoms with Crippen LogP contribution in [0.3, 0.4) is 0 Å². The van der Waals surface area contributed by atoms with Crippen LogP contribution in [0, 0.1) is 41.5 Å². The van der Waals surface area contributed by atoms with Gasteiger partial charge in [-0.15, -0.1) is 0 Å². The Morgan fingerprint density at radius 3 is 2.41 bits per heavy atom. The highest BCUT2D eigenvalue weighted by molar-refractivity contribution is 5.79. The van der Waals surface area contributed by atoms with Gasteiger partial charge in [-0.05, 0) is 38.1 Å². The van der Waals surface area contributed by atoms with Crippen LogP contribution in [0.4, 0.5) is 29.2 Å². The van der Waals surface area contributed by atoms with E-state index in [-0.39, 0.29) is 40.1 Å². The maximum atomic E-state index is 14.5. The van der Waals surface area contributed by atoms with Gasteiger partial charge in [-0.1, -0.05) is 0 Å². The van der Waals surface area contributed by atoms with E-state index in [4.69, 9.17) is 5.73 Å². The second kappa shape index (κ2) is 8.43. The van der Waals surface area contributed by atoms with Gasteiger partial charge in [-0.2, -0.15) is 5.26 Å². The second-order valence-corrected chi connectivity index (χ2v) is 7.35. The molecule has 0 aliphatic carbocycles. The maximum absolute atomic E-state index is 14.5. The second-order valence-electron chi connectivity index (χ2n) is 7.35. The van der Waals surface area contributed by atoms with Crippen LogP contribution in [-0.2, 0) is 0 Å². The lowest BCUT2D eigenvalue weighted by molar-refractivity contribution is 0.515. The van der Waals surface area contributed by atoms with Gasteiger partial charge in [-0.25, -0.2) is 32.5 Å². The zero-order valence-electron chi connectivity index (χ0n) is 17.7. The molecule has 34 heavy (non-hydrogen) atoms. The van der Waals surface area contributed by atoms with Gasteiger partial charge >= 0.3 is 0 Å². The molecule has 0 bridgehead atoms. The Labute approximate surface area is 189 Å². The summed E-state index contributed by atoms with van der Waals surface area (Å²) in [5, 5.41) is 11.6. The quantitative estimate of drug-likeness (QED) is 0.437. The van der Waals surface area contributed by atoms with E-state index in [0.29, 0.717) is 6.07 Å². The van der Waals surface area contributed by atoms with Crippen LogP contribution < -0.4 is 16.6 Å². The summed E-state index contributed by atoms with van der Waals surface area (Å²) in [5.41, 5.74) is 4.14. The molecule has 0 fully saturated rings. The summed E-state index contributed by atoms with van der Waals surface area (Å²) >= 11 is 0. The van der Waals surface area contributed by atoms with Crippen molar-refractivity contribution >= 4 is 22.5 Å². The number of aromatic nitrogens is 4. The number of aryl methyl sites for hydroxylation is 1. The van der Waals surface area contributed by atoms with Crippen molar-refractivity contribution in [3.05, 3.63) is 81.2 Å². The molecule has 0 saturated heterocycles. The van der Waals surface area contributed by atoms with Crippen molar-refractivity contribution in [1.29, 1.82) is 5.26 Å². The molecule has 0 spiro atoms. The van der Waals surface area contributed by atoms with Gasteiger partial charge in [0.25, 0.3) is 5.56 Å². The molecule has 0 aliphatic rings. The number of fused-ring (bicyclic) bond motifs is 1. The number of nitrogens with one attached hydrogen (secondary N) is 1. The first-order chi connectivity index (χ1) is 16.1. The minimum atomic E-state index is -1.45. The summed E-state index contributed by atoms with van der Waals surface area (Å²) in [6.07, 6.45) is 0. The van der Waals surface area contributed by atoms with E-state index in [0.717, 1.165) is 28.8 Å². The van der Waals surface area contributed by atoms with Crippen LogP contribution in [0.25, 0.3) is 16.6 Å². The molecular formula is C22H15F4N7O. The smallest absolute Gasteiger partial charge is 0.269 e. The SMILES string of the molecule is Cc1nc(N)c(C#N)c(NC(C)c2nc3ccc(F)c(F)c3c(=O)n2-c2cc(F)cc(F)c2)n1. The van der Waals surface area contributed by atoms with Crippen LogP contribution in [0.1, 0.15) is 30.2 Å². The number of nitriles is 1. The lowest BCUT2D eigenvalue weighted by Crippen LogP contribution is -2.28. The minimum Gasteiger partial charge on any atom is -0.382 e. The first-order valence-corrected chi connectivity index (χ1v) is 9.78. The van der Waals surface area contributed by atoms with E-state index in [9.17, 15) is 27.6 Å². The van der Waals surface area contributed by atoms with Gasteiger partial charge in [0.1, 0.15) is 46.1 Å². The van der Waals surface area contributed by atoms with Crippen molar-refractivity contribution in [2.24, 2.45) is 0 Å². The third-order valence-corrected chi connectivity index (χ3v) is 4.96. The molecule has 2 aromatic heterocycles. The Morgan fingerprint density at radius 2 is 1.76 bits per heavy atom. The highest BCUT2D eigenvalue weighted by atomic mass is 19.2. The number of anilines is 2. The molecule has 2 heterocycles. The topological polar surface area (TPSA) is 123 Å². The Morgan fingerprint density at radius 1 is 1.09 bits per heavy atom. The number of hydrogen-bond donors (Lipinski definition) is 2. The maximum Gasteiger partial charge on any atom is 0.269 e. The summed E-state index contributed by atoms with van der Waals surface area (Å²) in [6, 6.07) is 5.14. The van der Waals surface area contributed by atoms with Crippen LogP contribution in [0.2, 0.25) is 0 Å². The fraction of sp³-hybridized carbons (Fsp3) is 0.136. The summed E-state index contributed by atoms with van der Waals surface area (Å²) in [4.78, 5) is 25.6. The van der Waals surface area contributed by atoms with Crippen molar-refractivity contribution < 1.29 is 17.6 Å². The Hall–Kier alpha value is -4.53. The fourth-order valence-electron chi connectivity index (χ4n) is 3.51. The Balaban J connectivity index is 2.00. The van der Waals surface area contributed by atoms with Gasteiger partial charge in [0.2, 0.25) is 0 Å². The zero-order valence-corrected chi connectivity index (χ0v) is 17.7. The van der Waals surface area contributed by atoms with Gasteiger partial charge in [0.05, 0.1) is 17.2 Å². The van der Waals surface area contributed by atoms with E-state index in [2.05, 4.69) is 20.3 Å². The summed E-state index contributed by atoms with van der Waals surface area (Å²) in [5.74, 6) is -4.66. The van der Waals surface area contributed by atoms with Crippen molar-refractivity contribution in [1.82, 2.24) is 19.5 Å². The van der Waals surface area contributed by atoms with Gasteiger partial charge in [-0.3, -0.25) is 9.36 Å². The Bertz CT molecular complexity index is 1540. The Kier molecular flexibility index (Phi) is 5.62. The lowest BCUT2D eigenvalue weighted by atomic mass is 10.1. The van der Waals surface area contributed by atoms with E-state index in [1.54, 1.807) is 6.92 Å². The molecule has 0 aliphatic heterocycles. The molecule has 0 radical (unpaired) electrons. The van der Waals surface area contributed by atoms with Gasteiger partial charge in [0, 0.05) is 6.07 Å². The largest absolute Gasteiger partial charge is 0.382 e. The molecule has 4 rings (SSSR count). The number of rotatable bonds is 4. The summed E-state index contributed by atoms with van der Waals surface area (Å²) in [7, 11) is 0. The molecule has 2 aromatic carbocycles. The molecular weight excluding hydrogens is 454 g/mol. The summed E-state index contributed by atoms with van der Waals surface area (Å²) in [6.45, 7) is 3.07. The lowest BCUT2D eigenvalue weighted by Gasteiger charge is -2.21. The molecule has 1 unspecified atom stereocenters. The number of nitrogen functional groups attached to an aromatic ring is 1. The molecule has 4 aromatic rings. The zero-order chi connectivity index (χ0) is 24.7. The minimum absolute atomic E-state index is 0.0246. The van der Waals surface area contributed by atoms with Gasteiger partial charge < -0.3 is 11.1 Å². The normalized spacial score (nSPS) is 11.9. The average Bonchev–Trinajstić information content (AvgIpc) is 2.75. The van der Waals surface area contributed by atoms with Crippen molar-refractivity contribution in [3.63, 3.8) is 0 Å².